The summed E-state index contributed by atoms with van der Waals surface area (Å²) >= 11 is 0. The molecule has 0 aliphatic carbocycles. The fraction of sp³-hybridized carbons (Fsp3) is 0.538. The lowest BCUT2D eigenvalue weighted by molar-refractivity contribution is 0.250. The summed E-state index contributed by atoms with van der Waals surface area (Å²) in [6, 6.07) is 7.84. The molecule has 0 spiro atoms. The van der Waals surface area contributed by atoms with E-state index < -0.39 is 0 Å². The average molecular weight is 223 g/mol. The molecule has 1 aromatic carbocycles. The van der Waals surface area contributed by atoms with Crippen LogP contribution in [-0.4, -0.2) is 25.4 Å². The Morgan fingerprint density at radius 3 is 2.31 bits per heavy atom. The van der Waals surface area contributed by atoms with Crippen LogP contribution in [0.15, 0.2) is 24.3 Å². The molecule has 0 saturated heterocycles. The van der Waals surface area contributed by atoms with Gasteiger partial charge < -0.3 is 15.2 Å². The molecule has 3 nitrogen and oxygen atoms in total. The van der Waals surface area contributed by atoms with Gasteiger partial charge in [-0.15, -0.1) is 0 Å². The zero-order chi connectivity index (χ0) is 12.0. The first-order valence-electron chi connectivity index (χ1n) is 5.68. The van der Waals surface area contributed by atoms with E-state index in [0.717, 1.165) is 17.9 Å². The second-order valence-electron chi connectivity index (χ2n) is 4.30. The van der Waals surface area contributed by atoms with Crippen LogP contribution in [0.4, 0.5) is 0 Å². The fourth-order valence-corrected chi connectivity index (χ4v) is 1.42. The molecule has 0 radical (unpaired) electrons. The summed E-state index contributed by atoms with van der Waals surface area (Å²) in [5.41, 5.74) is 1.07. The van der Waals surface area contributed by atoms with Crippen molar-refractivity contribution in [3.05, 3.63) is 29.8 Å². The Labute approximate surface area is 97.4 Å². The first-order chi connectivity index (χ1) is 7.67. The van der Waals surface area contributed by atoms with E-state index in [2.05, 4.69) is 19.2 Å². The second-order valence-corrected chi connectivity index (χ2v) is 4.30. The Kier molecular flexibility index (Phi) is 5.29. The third kappa shape index (κ3) is 3.83. The van der Waals surface area contributed by atoms with Crippen LogP contribution in [0.1, 0.15) is 25.5 Å². The molecule has 0 aromatic heterocycles. The number of ether oxygens (including phenoxy) is 1. The fourth-order valence-electron chi connectivity index (χ4n) is 1.42. The van der Waals surface area contributed by atoms with Crippen LogP contribution in [0.25, 0.3) is 0 Å². The van der Waals surface area contributed by atoms with Crippen molar-refractivity contribution < 1.29 is 9.84 Å². The van der Waals surface area contributed by atoms with Crippen molar-refractivity contribution >= 4 is 0 Å². The van der Waals surface area contributed by atoms with E-state index in [4.69, 9.17) is 9.84 Å². The zero-order valence-corrected chi connectivity index (χ0v) is 10.2. The van der Waals surface area contributed by atoms with Crippen LogP contribution in [0.3, 0.4) is 0 Å². The predicted molar refractivity (Wildman–Crippen MR) is 65.7 cm³/mol. The van der Waals surface area contributed by atoms with Gasteiger partial charge in [0.15, 0.2) is 0 Å². The van der Waals surface area contributed by atoms with Crippen LogP contribution < -0.4 is 10.1 Å². The molecule has 90 valence electrons. The van der Waals surface area contributed by atoms with Crippen LogP contribution in [0.2, 0.25) is 0 Å². The summed E-state index contributed by atoms with van der Waals surface area (Å²) in [6.07, 6.45) is 0. The van der Waals surface area contributed by atoms with Crippen molar-refractivity contribution in [3.8, 4) is 5.75 Å². The van der Waals surface area contributed by atoms with Crippen LogP contribution in [0, 0.1) is 5.92 Å². The maximum Gasteiger partial charge on any atom is 0.119 e. The lowest BCUT2D eigenvalue weighted by atomic mass is 10.1. The topological polar surface area (TPSA) is 41.5 Å². The minimum Gasteiger partial charge on any atom is -0.493 e. The van der Waals surface area contributed by atoms with E-state index in [9.17, 15) is 0 Å². The van der Waals surface area contributed by atoms with Gasteiger partial charge in [-0.1, -0.05) is 26.0 Å². The van der Waals surface area contributed by atoms with Gasteiger partial charge in [0.25, 0.3) is 0 Å². The lowest BCUT2D eigenvalue weighted by Crippen LogP contribution is -2.19. The van der Waals surface area contributed by atoms with Gasteiger partial charge in [0.05, 0.1) is 19.3 Å². The molecule has 3 heteroatoms. The van der Waals surface area contributed by atoms with Gasteiger partial charge in [-0.05, 0) is 30.7 Å². The molecule has 0 saturated carbocycles. The molecule has 0 aliphatic heterocycles. The molecule has 1 atom stereocenters. The zero-order valence-electron chi connectivity index (χ0n) is 10.2. The molecule has 0 amide bonds. The number of aliphatic hydroxyl groups excluding tert-OH is 1. The quantitative estimate of drug-likeness (QED) is 0.774. The van der Waals surface area contributed by atoms with E-state index >= 15 is 0 Å². The van der Waals surface area contributed by atoms with Crippen LogP contribution in [0.5, 0.6) is 5.75 Å². The van der Waals surface area contributed by atoms with Crippen LogP contribution in [-0.2, 0) is 0 Å². The van der Waals surface area contributed by atoms with E-state index in [1.165, 1.54) is 0 Å². The van der Waals surface area contributed by atoms with E-state index in [-0.39, 0.29) is 12.6 Å². The minimum absolute atomic E-state index is 0.000788. The SMILES string of the molecule is CNC(CO)c1ccc(OCC(C)C)cc1. The number of rotatable bonds is 6. The average Bonchev–Trinajstić information content (AvgIpc) is 2.29. The monoisotopic (exact) mass is 223 g/mol. The normalized spacial score (nSPS) is 12.8. The van der Waals surface area contributed by atoms with Gasteiger partial charge >= 0.3 is 0 Å². The summed E-state index contributed by atoms with van der Waals surface area (Å²) < 4.78 is 5.59. The van der Waals surface area contributed by atoms with Crippen molar-refractivity contribution in [1.82, 2.24) is 5.32 Å². The maximum atomic E-state index is 9.13. The Bertz CT molecular complexity index is 291. The summed E-state index contributed by atoms with van der Waals surface area (Å²) in [6.45, 7) is 5.08. The van der Waals surface area contributed by atoms with E-state index in [1.54, 1.807) is 0 Å². The van der Waals surface area contributed by atoms with E-state index in [0.29, 0.717) is 5.92 Å². The first-order valence-corrected chi connectivity index (χ1v) is 5.68. The molecule has 1 rings (SSSR count). The molecular formula is C13H21NO2. The van der Waals surface area contributed by atoms with Crippen molar-refractivity contribution in [3.63, 3.8) is 0 Å². The lowest BCUT2D eigenvalue weighted by Gasteiger charge is -2.14. The smallest absolute Gasteiger partial charge is 0.119 e. The number of hydrogen-bond acceptors (Lipinski definition) is 3. The third-order valence-electron chi connectivity index (χ3n) is 2.40. The van der Waals surface area contributed by atoms with Crippen molar-refractivity contribution in [2.45, 2.75) is 19.9 Å². The molecule has 1 unspecified atom stereocenters. The van der Waals surface area contributed by atoms with Gasteiger partial charge in [-0.2, -0.15) is 0 Å². The molecular weight excluding hydrogens is 202 g/mol. The predicted octanol–water partition coefficient (Wildman–Crippen LogP) is 1.97. The Hall–Kier alpha value is -1.06. The molecule has 0 bridgehead atoms. The highest BCUT2D eigenvalue weighted by Crippen LogP contribution is 2.17. The highest BCUT2D eigenvalue weighted by Gasteiger charge is 2.07. The summed E-state index contributed by atoms with van der Waals surface area (Å²) in [7, 11) is 1.84. The number of likely N-dealkylation sites (N-methyl/N-ethyl adjacent to an activating group) is 1. The van der Waals surface area contributed by atoms with Crippen molar-refractivity contribution in [1.29, 1.82) is 0 Å². The van der Waals surface area contributed by atoms with Gasteiger partial charge in [0.2, 0.25) is 0 Å². The Morgan fingerprint density at radius 1 is 1.25 bits per heavy atom. The number of nitrogens with one attached hydrogen (secondary N) is 1. The first kappa shape index (κ1) is 13.0. The standard InChI is InChI=1S/C13H21NO2/c1-10(2)9-16-12-6-4-11(5-7-12)13(8-15)14-3/h4-7,10,13-15H,8-9H2,1-3H3. The molecule has 0 heterocycles. The molecule has 2 N–H and O–H groups in total. The highest BCUT2D eigenvalue weighted by molar-refractivity contribution is 5.29. The second kappa shape index (κ2) is 6.51. The highest BCUT2D eigenvalue weighted by atomic mass is 16.5. The van der Waals surface area contributed by atoms with Gasteiger partial charge in [-0.3, -0.25) is 0 Å². The number of benzene rings is 1. The molecule has 0 fully saturated rings. The van der Waals surface area contributed by atoms with Gasteiger partial charge in [0, 0.05) is 0 Å². The Balaban J connectivity index is 2.60. The van der Waals surface area contributed by atoms with Gasteiger partial charge in [-0.25, -0.2) is 0 Å². The minimum atomic E-state index is -0.000788. The third-order valence-corrected chi connectivity index (χ3v) is 2.40. The Morgan fingerprint density at radius 2 is 1.88 bits per heavy atom. The van der Waals surface area contributed by atoms with Gasteiger partial charge in [0.1, 0.15) is 5.75 Å². The molecule has 16 heavy (non-hydrogen) atoms. The largest absolute Gasteiger partial charge is 0.493 e. The van der Waals surface area contributed by atoms with Crippen molar-refractivity contribution in [2.75, 3.05) is 20.3 Å². The molecule has 1 aromatic rings. The van der Waals surface area contributed by atoms with E-state index in [1.807, 2.05) is 31.3 Å². The van der Waals surface area contributed by atoms with Crippen LogP contribution >= 0.6 is 0 Å². The maximum absolute atomic E-state index is 9.13. The number of aliphatic hydroxyl groups is 1. The number of hydrogen-bond donors (Lipinski definition) is 2. The summed E-state index contributed by atoms with van der Waals surface area (Å²) in [5, 5.41) is 12.2. The van der Waals surface area contributed by atoms with Crippen molar-refractivity contribution in [2.24, 2.45) is 5.92 Å². The summed E-state index contributed by atoms with van der Waals surface area (Å²) in [4.78, 5) is 0. The summed E-state index contributed by atoms with van der Waals surface area (Å²) in [5.74, 6) is 1.41. The molecule has 0 aliphatic rings.